The highest BCUT2D eigenvalue weighted by atomic mass is 16.5. The predicted molar refractivity (Wildman–Crippen MR) is 200 cm³/mol. The number of phenols is 4. The SMILES string of the molecule is COc1cc(CCC(=O)CC(=O)C2C(CNc3[nH]ccc3Cc3ccc(O)c(O)c3)=Cc3[nH]ccc3C2CCCCc2cccc(O)c2)ccc1O. The molecule has 2 aromatic heterocycles. The number of methoxy groups -OCH3 is 1. The summed E-state index contributed by atoms with van der Waals surface area (Å²) >= 11 is 0. The van der Waals surface area contributed by atoms with E-state index in [9.17, 15) is 30.0 Å². The van der Waals surface area contributed by atoms with Gasteiger partial charge < -0.3 is 40.4 Å². The number of ether oxygens (including phenoxy) is 1. The number of aromatic nitrogens is 2. The molecular weight excluding hydrogens is 658 g/mol. The van der Waals surface area contributed by atoms with E-state index in [0.717, 1.165) is 70.6 Å². The summed E-state index contributed by atoms with van der Waals surface area (Å²) in [6, 6.07) is 21.0. The number of nitrogens with one attached hydrogen (secondary N) is 3. The van der Waals surface area contributed by atoms with Gasteiger partial charge in [0.2, 0.25) is 0 Å². The molecule has 10 nitrogen and oxygen atoms in total. The maximum Gasteiger partial charge on any atom is 0.160 e. The van der Waals surface area contributed by atoms with Crippen LogP contribution in [0.3, 0.4) is 0 Å². The quantitative estimate of drug-likeness (QED) is 0.0296. The van der Waals surface area contributed by atoms with Gasteiger partial charge in [-0.1, -0.05) is 30.7 Å². The molecule has 52 heavy (non-hydrogen) atoms. The van der Waals surface area contributed by atoms with Crippen LogP contribution < -0.4 is 10.1 Å². The number of Topliss-reactive ketones (excluding diaryl/α,β-unsaturated/α-hetero) is 2. The van der Waals surface area contributed by atoms with Crippen molar-refractivity contribution >= 4 is 23.5 Å². The summed E-state index contributed by atoms with van der Waals surface area (Å²) in [5.41, 5.74) is 6.59. The molecule has 7 N–H and O–H groups in total. The van der Waals surface area contributed by atoms with E-state index in [0.29, 0.717) is 25.1 Å². The highest BCUT2D eigenvalue weighted by molar-refractivity contribution is 6.02. The van der Waals surface area contributed by atoms with Gasteiger partial charge in [-0.15, -0.1) is 0 Å². The van der Waals surface area contributed by atoms with Crippen molar-refractivity contribution in [3.63, 3.8) is 0 Å². The Hall–Kier alpha value is -5.90. The van der Waals surface area contributed by atoms with Crippen LogP contribution in [0.15, 0.2) is 90.8 Å². The summed E-state index contributed by atoms with van der Waals surface area (Å²) in [5.74, 6) is 0.144. The van der Waals surface area contributed by atoms with E-state index in [-0.39, 0.29) is 53.3 Å². The lowest BCUT2D eigenvalue weighted by Gasteiger charge is -2.32. The zero-order valence-electron chi connectivity index (χ0n) is 29.2. The lowest BCUT2D eigenvalue weighted by atomic mass is 9.71. The monoisotopic (exact) mass is 703 g/mol. The Balaban J connectivity index is 1.19. The second-order valence-corrected chi connectivity index (χ2v) is 13.5. The Morgan fingerprint density at radius 1 is 0.808 bits per heavy atom. The largest absolute Gasteiger partial charge is 0.508 e. The Morgan fingerprint density at radius 3 is 2.40 bits per heavy atom. The topological polar surface area (TPSA) is 168 Å². The number of aromatic amines is 2. The van der Waals surface area contributed by atoms with E-state index in [4.69, 9.17) is 4.74 Å². The van der Waals surface area contributed by atoms with Gasteiger partial charge in [0.15, 0.2) is 23.0 Å². The molecule has 0 amide bonds. The molecule has 270 valence electrons. The third-order valence-electron chi connectivity index (χ3n) is 9.88. The number of benzene rings is 3. The van der Waals surface area contributed by atoms with E-state index in [1.54, 1.807) is 36.4 Å². The number of phenolic OH excluding ortho intramolecular Hbond substituents is 4. The van der Waals surface area contributed by atoms with E-state index in [1.165, 1.54) is 19.2 Å². The summed E-state index contributed by atoms with van der Waals surface area (Å²) in [6.07, 6.45) is 9.97. The molecule has 1 aliphatic carbocycles. The first-order valence-corrected chi connectivity index (χ1v) is 17.7. The molecule has 2 heterocycles. The van der Waals surface area contributed by atoms with Gasteiger partial charge in [-0.2, -0.15) is 0 Å². The van der Waals surface area contributed by atoms with Crippen LogP contribution in [0, 0.1) is 5.92 Å². The molecule has 5 aromatic rings. The van der Waals surface area contributed by atoms with Gasteiger partial charge in [-0.05, 0) is 120 Å². The summed E-state index contributed by atoms with van der Waals surface area (Å²) in [7, 11) is 1.48. The molecule has 0 bridgehead atoms. The zero-order chi connectivity index (χ0) is 36.6. The molecule has 0 aliphatic heterocycles. The molecule has 0 radical (unpaired) electrons. The second-order valence-electron chi connectivity index (χ2n) is 13.5. The fraction of sp³-hybridized carbons (Fsp3) is 0.286. The zero-order valence-corrected chi connectivity index (χ0v) is 29.2. The molecule has 2 atom stereocenters. The number of hydrogen-bond donors (Lipinski definition) is 7. The van der Waals surface area contributed by atoms with Crippen molar-refractivity contribution in [1.82, 2.24) is 9.97 Å². The molecule has 0 saturated carbocycles. The average molecular weight is 704 g/mol. The van der Waals surface area contributed by atoms with Gasteiger partial charge in [0.05, 0.1) is 13.5 Å². The van der Waals surface area contributed by atoms with Crippen LogP contribution in [0.25, 0.3) is 6.08 Å². The van der Waals surface area contributed by atoms with Crippen molar-refractivity contribution in [1.29, 1.82) is 0 Å². The van der Waals surface area contributed by atoms with Gasteiger partial charge in [-0.25, -0.2) is 0 Å². The minimum Gasteiger partial charge on any atom is -0.508 e. The number of unbranched alkanes of at least 4 members (excludes halogenated alkanes) is 1. The lowest BCUT2D eigenvalue weighted by Crippen LogP contribution is -2.31. The van der Waals surface area contributed by atoms with E-state index < -0.39 is 5.92 Å². The van der Waals surface area contributed by atoms with Crippen molar-refractivity contribution in [2.45, 2.75) is 57.3 Å². The van der Waals surface area contributed by atoms with Crippen LogP contribution in [-0.2, 0) is 28.9 Å². The summed E-state index contributed by atoms with van der Waals surface area (Å²) < 4.78 is 5.21. The van der Waals surface area contributed by atoms with Crippen molar-refractivity contribution in [3.8, 4) is 28.7 Å². The number of carbonyl (C=O) groups excluding carboxylic acids is 2. The van der Waals surface area contributed by atoms with Gasteiger partial charge >= 0.3 is 0 Å². The Morgan fingerprint density at radius 2 is 1.60 bits per heavy atom. The molecule has 2 unspecified atom stereocenters. The van der Waals surface area contributed by atoms with Gasteiger partial charge in [0, 0.05) is 43.4 Å². The number of anilines is 1. The fourth-order valence-corrected chi connectivity index (χ4v) is 7.23. The summed E-state index contributed by atoms with van der Waals surface area (Å²) in [6.45, 7) is 0.366. The van der Waals surface area contributed by atoms with Crippen LogP contribution in [-0.4, -0.2) is 55.6 Å². The van der Waals surface area contributed by atoms with Crippen molar-refractivity contribution < 1.29 is 34.8 Å². The van der Waals surface area contributed by atoms with E-state index in [2.05, 4.69) is 15.3 Å². The molecule has 6 rings (SSSR count). The smallest absolute Gasteiger partial charge is 0.160 e. The number of aryl methyl sites for hydroxylation is 2. The van der Waals surface area contributed by atoms with Crippen molar-refractivity contribution in [2.75, 3.05) is 19.0 Å². The van der Waals surface area contributed by atoms with Crippen LogP contribution in [0.4, 0.5) is 5.82 Å². The number of ketones is 2. The molecule has 0 spiro atoms. The first kappa shape index (κ1) is 35.9. The van der Waals surface area contributed by atoms with Gasteiger partial charge in [-0.3, -0.25) is 9.59 Å². The predicted octanol–water partition coefficient (Wildman–Crippen LogP) is 7.55. The van der Waals surface area contributed by atoms with Gasteiger partial charge in [0.1, 0.15) is 23.1 Å². The van der Waals surface area contributed by atoms with Crippen LogP contribution in [0.2, 0.25) is 0 Å². The minimum absolute atomic E-state index is 0.0289. The molecular formula is C42H45N3O7. The number of rotatable bonds is 17. The molecule has 0 fully saturated rings. The minimum atomic E-state index is -0.512. The number of hydrogen-bond acceptors (Lipinski definition) is 8. The number of carbonyl (C=O) groups is 2. The number of fused-ring (bicyclic) bond motifs is 1. The first-order chi connectivity index (χ1) is 25.2. The first-order valence-electron chi connectivity index (χ1n) is 17.7. The maximum atomic E-state index is 14.3. The Kier molecular flexibility index (Phi) is 11.3. The van der Waals surface area contributed by atoms with Crippen molar-refractivity contribution in [2.24, 2.45) is 5.92 Å². The normalized spacial score (nSPS) is 15.1. The number of aromatic hydroxyl groups is 4. The standard InChI is InChI=1S/C42H45N3O7/c1-52-40-22-27(10-14-37(40)49)9-12-32(47)24-39(51)41-30(25-45-42-29(15-17-44-42)19-28-11-13-36(48)38(50)21-28)23-35-33(16-18-43-35)34(41)8-3-2-5-26-6-4-7-31(46)20-26/h4,6-7,10-11,13-18,20-23,34,41,43-46,48-50H,2-3,5,8-9,12,19,24-25H2,1H3. The second kappa shape index (κ2) is 16.4. The van der Waals surface area contributed by atoms with E-state index in [1.807, 2.05) is 42.7 Å². The molecule has 3 aromatic carbocycles. The lowest BCUT2D eigenvalue weighted by molar-refractivity contribution is -0.129. The third-order valence-corrected chi connectivity index (χ3v) is 9.88. The van der Waals surface area contributed by atoms with E-state index >= 15 is 0 Å². The number of H-pyrrole nitrogens is 2. The van der Waals surface area contributed by atoms with Crippen LogP contribution in [0.1, 0.15) is 71.5 Å². The highest BCUT2D eigenvalue weighted by Crippen LogP contribution is 2.43. The van der Waals surface area contributed by atoms with Gasteiger partial charge in [0.25, 0.3) is 0 Å². The van der Waals surface area contributed by atoms with Crippen LogP contribution in [0.5, 0.6) is 28.7 Å². The highest BCUT2D eigenvalue weighted by Gasteiger charge is 2.37. The van der Waals surface area contributed by atoms with Crippen LogP contribution >= 0.6 is 0 Å². The molecule has 10 heteroatoms. The maximum absolute atomic E-state index is 14.3. The average Bonchev–Trinajstić information content (AvgIpc) is 3.79. The van der Waals surface area contributed by atoms with Crippen molar-refractivity contribution in [3.05, 3.63) is 124 Å². The third kappa shape index (κ3) is 8.69. The molecule has 0 saturated heterocycles. The Labute approximate surface area is 302 Å². The Bertz CT molecular complexity index is 2060. The summed E-state index contributed by atoms with van der Waals surface area (Å²) in [4.78, 5) is 34.3. The molecule has 1 aliphatic rings. The summed E-state index contributed by atoms with van der Waals surface area (Å²) in [5, 5.41) is 43.1. The fourth-order valence-electron chi connectivity index (χ4n) is 7.23.